The Balaban J connectivity index is 1.21. The van der Waals surface area contributed by atoms with Gasteiger partial charge in [0, 0.05) is 37.1 Å². The molecule has 1 aliphatic heterocycles. The van der Waals surface area contributed by atoms with E-state index in [1.54, 1.807) is 0 Å². The van der Waals surface area contributed by atoms with Crippen molar-refractivity contribution in [3.8, 4) is 11.4 Å². The molecule has 0 spiro atoms. The van der Waals surface area contributed by atoms with Crippen molar-refractivity contribution in [2.75, 3.05) is 26.2 Å². The van der Waals surface area contributed by atoms with Crippen molar-refractivity contribution in [2.24, 2.45) is 0 Å². The summed E-state index contributed by atoms with van der Waals surface area (Å²) in [6.07, 6.45) is 0. The molecule has 1 saturated heterocycles. The summed E-state index contributed by atoms with van der Waals surface area (Å²) in [5, 5.41) is 12.2. The average Bonchev–Trinajstić information content (AvgIpc) is 3.41. The van der Waals surface area contributed by atoms with E-state index in [0.29, 0.717) is 37.0 Å². The minimum atomic E-state index is -0.0315. The van der Waals surface area contributed by atoms with Gasteiger partial charge in [0.2, 0.25) is 11.7 Å². The number of aromatic amines is 1. The van der Waals surface area contributed by atoms with Gasteiger partial charge in [0.05, 0.1) is 12.1 Å². The van der Waals surface area contributed by atoms with E-state index in [-0.39, 0.29) is 5.91 Å². The van der Waals surface area contributed by atoms with Crippen molar-refractivity contribution in [1.82, 2.24) is 30.1 Å². The van der Waals surface area contributed by atoms with Crippen LogP contribution in [0.1, 0.15) is 27.5 Å². The molecular weight excluding hydrogens is 392 g/mol. The number of carbonyl (C=O) groups excluding carboxylic acids is 1. The predicted molar refractivity (Wildman–Crippen MR) is 116 cm³/mol. The van der Waals surface area contributed by atoms with Crippen molar-refractivity contribution in [3.05, 3.63) is 65.2 Å². The lowest BCUT2D eigenvalue weighted by Gasteiger charge is -2.33. The Hall–Kier alpha value is -3.52. The summed E-state index contributed by atoms with van der Waals surface area (Å²) >= 11 is 0. The lowest BCUT2D eigenvalue weighted by molar-refractivity contribution is 0.0611. The fourth-order valence-electron chi connectivity index (χ4n) is 3.88. The molecule has 31 heavy (non-hydrogen) atoms. The molecule has 0 saturated carbocycles. The second-order valence-electron chi connectivity index (χ2n) is 8.07. The third-order valence-electron chi connectivity index (χ3n) is 5.72. The van der Waals surface area contributed by atoms with Gasteiger partial charge in [0.25, 0.3) is 5.91 Å². The van der Waals surface area contributed by atoms with Gasteiger partial charge in [-0.2, -0.15) is 10.1 Å². The molecular formula is C23H24N6O2. The van der Waals surface area contributed by atoms with Crippen LogP contribution < -0.4 is 0 Å². The number of nitrogens with one attached hydrogen (secondary N) is 1. The first-order valence-corrected chi connectivity index (χ1v) is 10.4. The third-order valence-corrected chi connectivity index (χ3v) is 5.72. The van der Waals surface area contributed by atoms with Gasteiger partial charge in [-0.15, -0.1) is 0 Å². The standard InChI is InChI=1S/C23H24N6O2/c1-15-3-6-17(7-4-15)22-24-20(31-27-22)14-28-9-11-29(12-10-28)23(30)21-18-13-16(2)5-8-19(18)25-26-21/h3-8,13H,9-12,14H2,1-2H3,(H,25,26). The number of aryl methyl sites for hydroxylation is 2. The fourth-order valence-corrected chi connectivity index (χ4v) is 3.88. The van der Waals surface area contributed by atoms with E-state index in [2.05, 4.69) is 25.2 Å². The molecule has 2 aromatic heterocycles. The van der Waals surface area contributed by atoms with E-state index in [9.17, 15) is 4.79 Å². The van der Waals surface area contributed by atoms with Gasteiger partial charge >= 0.3 is 0 Å². The summed E-state index contributed by atoms with van der Waals surface area (Å²) in [6, 6.07) is 14.0. The molecule has 158 valence electrons. The molecule has 1 aliphatic rings. The maximum absolute atomic E-state index is 13.0. The first kappa shape index (κ1) is 19.4. The van der Waals surface area contributed by atoms with Gasteiger partial charge < -0.3 is 9.42 Å². The zero-order valence-corrected chi connectivity index (χ0v) is 17.6. The zero-order chi connectivity index (χ0) is 21.4. The maximum Gasteiger partial charge on any atom is 0.275 e. The normalized spacial score (nSPS) is 15.0. The summed E-state index contributed by atoms with van der Waals surface area (Å²) in [5.74, 6) is 1.16. The van der Waals surface area contributed by atoms with E-state index in [4.69, 9.17) is 4.52 Å². The highest BCUT2D eigenvalue weighted by atomic mass is 16.5. The molecule has 1 fully saturated rings. The van der Waals surface area contributed by atoms with Crippen LogP contribution >= 0.6 is 0 Å². The van der Waals surface area contributed by atoms with Crippen LogP contribution in [0, 0.1) is 13.8 Å². The molecule has 0 unspecified atom stereocenters. The maximum atomic E-state index is 13.0. The van der Waals surface area contributed by atoms with E-state index in [1.807, 2.05) is 61.2 Å². The summed E-state index contributed by atoms with van der Waals surface area (Å²) < 4.78 is 5.45. The molecule has 0 bridgehead atoms. The summed E-state index contributed by atoms with van der Waals surface area (Å²) in [6.45, 7) is 7.40. The van der Waals surface area contributed by atoms with Crippen LogP contribution in [-0.4, -0.2) is 62.2 Å². The Kier molecular flexibility index (Phi) is 4.99. The van der Waals surface area contributed by atoms with Crippen LogP contribution in [0.3, 0.4) is 0 Å². The smallest absolute Gasteiger partial charge is 0.275 e. The molecule has 5 rings (SSSR count). The Morgan fingerprint density at radius 2 is 1.77 bits per heavy atom. The Bertz CT molecular complexity index is 1220. The van der Waals surface area contributed by atoms with E-state index in [1.165, 1.54) is 5.56 Å². The molecule has 1 N–H and O–H groups in total. The lowest BCUT2D eigenvalue weighted by atomic mass is 10.1. The number of hydrogen-bond acceptors (Lipinski definition) is 6. The largest absolute Gasteiger partial charge is 0.338 e. The number of amides is 1. The van der Waals surface area contributed by atoms with Gasteiger partial charge in [-0.25, -0.2) is 0 Å². The minimum absolute atomic E-state index is 0.0315. The van der Waals surface area contributed by atoms with Gasteiger partial charge in [-0.3, -0.25) is 14.8 Å². The topological polar surface area (TPSA) is 91.2 Å². The SMILES string of the molecule is Cc1ccc(-c2noc(CN3CCN(C(=O)c4n[nH]c5ccc(C)cc45)CC3)n2)cc1. The minimum Gasteiger partial charge on any atom is -0.338 e. The van der Waals surface area contributed by atoms with Gasteiger partial charge in [-0.05, 0) is 26.0 Å². The number of benzene rings is 2. The van der Waals surface area contributed by atoms with Crippen LogP contribution in [0.25, 0.3) is 22.3 Å². The Labute approximate surface area is 179 Å². The number of hydrogen-bond donors (Lipinski definition) is 1. The number of rotatable bonds is 4. The lowest BCUT2D eigenvalue weighted by Crippen LogP contribution is -2.48. The highest BCUT2D eigenvalue weighted by molar-refractivity contribution is 6.04. The number of nitrogens with zero attached hydrogens (tertiary/aromatic N) is 5. The predicted octanol–water partition coefficient (Wildman–Crippen LogP) is 3.19. The molecule has 0 radical (unpaired) electrons. The van der Waals surface area contributed by atoms with Gasteiger partial charge in [0.1, 0.15) is 0 Å². The zero-order valence-electron chi connectivity index (χ0n) is 17.6. The molecule has 8 heteroatoms. The highest BCUT2D eigenvalue weighted by Crippen LogP contribution is 2.21. The summed E-state index contributed by atoms with van der Waals surface area (Å²) in [4.78, 5) is 21.6. The third kappa shape index (κ3) is 3.94. The fraction of sp³-hybridized carbons (Fsp3) is 0.304. The van der Waals surface area contributed by atoms with Crippen molar-refractivity contribution >= 4 is 16.8 Å². The summed E-state index contributed by atoms with van der Waals surface area (Å²) in [5.41, 5.74) is 4.62. The second-order valence-corrected chi connectivity index (χ2v) is 8.07. The van der Waals surface area contributed by atoms with Crippen molar-refractivity contribution in [2.45, 2.75) is 20.4 Å². The van der Waals surface area contributed by atoms with E-state index in [0.717, 1.165) is 35.1 Å². The molecule has 1 amide bonds. The molecule has 0 atom stereocenters. The molecule has 0 aliphatic carbocycles. The molecule has 4 aromatic rings. The molecule has 2 aromatic carbocycles. The van der Waals surface area contributed by atoms with Crippen LogP contribution in [0.15, 0.2) is 47.0 Å². The number of aromatic nitrogens is 4. The molecule has 3 heterocycles. The Morgan fingerprint density at radius 3 is 2.55 bits per heavy atom. The quantitative estimate of drug-likeness (QED) is 0.549. The van der Waals surface area contributed by atoms with E-state index >= 15 is 0 Å². The average molecular weight is 416 g/mol. The van der Waals surface area contributed by atoms with Gasteiger partial charge in [0.15, 0.2) is 5.69 Å². The van der Waals surface area contributed by atoms with Crippen molar-refractivity contribution < 1.29 is 9.32 Å². The highest BCUT2D eigenvalue weighted by Gasteiger charge is 2.26. The van der Waals surface area contributed by atoms with Crippen LogP contribution in [0.4, 0.5) is 0 Å². The number of fused-ring (bicyclic) bond motifs is 1. The van der Waals surface area contributed by atoms with Crippen LogP contribution in [0.5, 0.6) is 0 Å². The second kappa shape index (κ2) is 7.96. The van der Waals surface area contributed by atoms with Gasteiger partial charge in [-0.1, -0.05) is 46.6 Å². The molecule has 8 nitrogen and oxygen atoms in total. The number of carbonyl (C=O) groups is 1. The summed E-state index contributed by atoms with van der Waals surface area (Å²) in [7, 11) is 0. The number of H-pyrrole nitrogens is 1. The first-order chi connectivity index (χ1) is 15.1. The Morgan fingerprint density at radius 1 is 1.03 bits per heavy atom. The van der Waals surface area contributed by atoms with E-state index < -0.39 is 0 Å². The first-order valence-electron chi connectivity index (χ1n) is 10.4. The van der Waals surface area contributed by atoms with Crippen LogP contribution in [0.2, 0.25) is 0 Å². The van der Waals surface area contributed by atoms with Crippen molar-refractivity contribution in [3.63, 3.8) is 0 Å². The monoisotopic (exact) mass is 416 g/mol. The number of piperazine rings is 1. The van der Waals surface area contributed by atoms with Crippen molar-refractivity contribution in [1.29, 1.82) is 0 Å². The van der Waals surface area contributed by atoms with Crippen LogP contribution in [-0.2, 0) is 6.54 Å².